The fraction of sp³-hybridized carbons (Fsp3) is 0.719. The van der Waals surface area contributed by atoms with Crippen molar-refractivity contribution in [2.45, 2.75) is 135 Å². The van der Waals surface area contributed by atoms with Gasteiger partial charge in [-0.1, -0.05) is 30.3 Å². The average molecular weight is 593 g/mol. The minimum atomic E-state index is -0.891. The van der Waals surface area contributed by atoms with Gasteiger partial charge in [0, 0.05) is 0 Å². The van der Waals surface area contributed by atoms with Crippen LogP contribution in [0, 0.1) is 0 Å². The topological polar surface area (TPSA) is 135 Å². The Kier molecular flexibility index (Phi) is 14.7. The lowest BCUT2D eigenvalue weighted by atomic mass is 10.2. The first-order chi connectivity index (χ1) is 19.7. The highest BCUT2D eigenvalue weighted by Crippen LogP contribution is 2.22. The predicted octanol–water partition coefficient (Wildman–Crippen LogP) is 5.20. The monoisotopic (exact) mass is 592 g/mol. The van der Waals surface area contributed by atoms with Crippen LogP contribution in [0.25, 0.3) is 0 Å². The van der Waals surface area contributed by atoms with Crippen LogP contribution in [0.3, 0.4) is 0 Å². The zero-order valence-corrected chi connectivity index (χ0v) is 26.3. The molecule has 0 radical (unpaired) electrons. The van der Waals surface area contributed by atoms with E-state index in [-0.39, 0.29) is 43.6 Å². The van der Waals surface area contributed by atoms with Gasteiger partial charge in [-0.3, -0.25) is 4.79 Å². The van der Waals surface area contributed by atoms with Crippen molar-refractivity contribution in [1.82, 2.24) is 5.32 Å². The number of hydrogen-bond donors (Lipinski definition) is 2. The Bertz CT molecular complexity index is 946. The molecule has 0 saturated heterocycles. The summed E-state index contributed by atoms with van der Waals surface area (Å²) in [6.07, 6.45) is 7.44. The summed E-state index contributed by atoms with van der Waals surface area (Å²) in [7, 11) is 0. The van der Waals surface area contributed by atoms with Gasteiger partial charge in [0.05, 0.1) is 24.4 Å². The van der Waals surface area contributed by atoms with Crippen molar-refractivity contribution in [3.63, 3.8) is 0 Å². The number of carbonyl (C=O) groups is 3. The van der Waals surface area contributed by atoms with Crippen molar-refractivity contribution < 1.29 is 38.1 Å². The normalized spacial score (nSPS) is 17.5. The van der Waals surface area contributed by atoms with Crippen LogP contribution in [0.2, 0.25) is 0 Å². The molecule has 42 heavy (non-hydrogen) atoms. The lowest BCUT2D eigenvalue weighted by Gasteiger charge is -2.25. The second kappa shape index (κ2) is 17.4. The van der Waals surface area contributed by atoms with Crippen LogP contribution in [-0.4, -0.2) is 66.7 Å². The molecule has 10 nitrogen and oxygen atoms in total. The standard InChI is InChI=1S/C20H29NO5.C12H23NO3/c1-20(2,3)25-14-17(18(22)26-16-11-7-8-12-16)21-19(23)24-13-15-9-5-4-6-10-15;1-12(2,3)15-8-10(13)11(14)16-9-6-4-5-7-9/h4-6,9-10,16-17H,7-8,11-14H2,1-3H3,(H,21,23);9-10H,4-8,13H2,1-3H3/t17-;10-/m00/s1. The van der Waals surface area contributed by atoms with Gasteiger partial charge in [0.25, 0.3) is 0 Å². The number of nitrogens with one attached hydrogen (secondary N) is 1. The lowest BCUT2D eigenvalue weighted by Crippen LogP contribution is -2.47. The van der Waals surface area contributed by atoms with Crippen molar-refractivity contribution in [2.75, 3.05) is 13.2 Å². The van der Waals surface area contributed by atoms with E-state index in [2.05, 4.69) is 5.32 Å². The molecule has 3 N–H and O–H groups in total. The summed E-state index contributed by atoms with van der Waals surface area (Å²) in [6, 6.07) is 7.80. The van der Waals surface area contributed by atoms with Crippen molar-refractivity contribution in [3.8, 4) is 0 Å². The van der Waals surface area contributed by atoms with E-state index in [1.165, 1.54) is 0 Å². The summed E-state index contributed by atoms with van der Waals surface area (Å²) in [5.41, 5.74) is 5.88. The van der Waals surface area contributed by atoms with E-state index < -0.39 is 29.7 Å². The van der Waals surface area contributed by atoms with E-state index in [1.807, 2.05) is 71.9 Å². The third kappa shape index (κ3) is 15.5. The minimum absolute atomic E-state index is 0.0372. The Morgan fingerprint density at radius 1 is 0.786 bits per heavy atom. The van der Waals surface area contributed by atoms with Crippen molar-refractivity contribution >= 4 is 18.0 Å². The summed E-state index contributed by atoms with van der Waals surface area (Å²) in [4.78, 5) is 36.1. The Hall–Kier alpha value is -2.69. The SMILES string of the molecule is CC(C)(C)OC[C@H](N)C(=O)OC1CCCC1.CC(C)(C)OC[C@H](NC(=O)OCc1ccccc1)C(=O)OC1CCCC1. The summed E-state index contributed by atoms with van der Waals surface area (Å²) >= 11 is 0. The zero-order valence-electron chi connectivity index (χ0n) is 26.3. The van der Waals surface area contributed by atoms with Crippen LogP contribution < -0.4 is 11.1 Å². The van der Waals surface area contributed by atoms with Gasteiger partial charge in [-0.05, 0) is 98.5 Å². The van der Waals surface area contributed by atoms with Crippen LogP contribution in [0.5, 0.6) is 0 Å². The molecule has 1 aromatic rings. The number of alkyl carbamates (subject to hydrolysis) is 1. The first-order valence-corrected chi connectivity index (χ1v) is 15.1. The highest BCUT2D eigenvalue weighted by molar-refractivity contribution is 5.81. The van der Waals surface area contributed by atoms with Gasteiger partial charge >= 0.3 is 18.0 Å². The predicted molar refractivity (Wildman–Crippen MR) is 160 cm³/mol. The molecule has 0 aromatic heterocycles. The molecule has 0 bridgehead atoms. The van der Waals surface area contributed by atoms with Gasteiger partial charge in [0.1, 0.15) is 24.9 Å². The molecule has 10 heteroatoms. The first-order valence-electron chi connectivity index (χ1n) is 15.1. The molecule has 3 rings (SSSR count). The molecule has 0 aliphatic heterocycles. The summed E-state index contributed by atoms with van der Waals surface area (Å²) in [5.74, 6) is -0.811. The fourth-order valence-electron chi connectivity index (χ4n) is 4.33. The number of hydrogen-bond acceptors (Lipinski definition) is 9. The number of nitrogens with two attached hydrogens (primary N) is 1. The highest BCUT2D eigenvalue weighted by atomic mass is 16.6. The Labute approximate surface area is 251 Å². The third-order valence-corrected chi connectivity index (χ3v) is 6.64. The Morgan fingerprint density at radius 2 is 1.26 bits per heavy atom. The zero-order chi connectivity index (χ0) is 31.2. The molecule has 2 aliphatic carbocycles. The van der Waals surface area contributed by atoms with Crippen molar-refractivity contribution in [2.24, 2.45) is 5.73 Å². The lowest BCUT2D eigenvalue weighted by molar-refractivity contribution is -0.154. The maximum absolute atomic E-state index is 12.5. The molecule has 1 aromatic carbocycles. The Morgan fingerprint density at radius 3 is 1.76 bits per heavy atom. The molecule has 0 unspecified atom stereocenters. The molecular formula is C32H52N2O8. The van der Waals surface area contributed by atoms with Gasteiger partial charge in [0.15, 0.2) is 6.04 Å². The van der Waals surface area contributed by atoms with E-state index in [4.69, 9.17) is 29.4 Å². The number of rotatable bonds is 11. The van der Waals surface area contributed by atoms with E-state index in [1.54, 1.807) is 0 Å². The van der Waals surface area contributed by atoms with Crippen LogP contribution in [-0.2, 0) is 39.9 Å². The number of benzene rings is 1. The van der Waals surface area contributed by atoms with Gasteiger partial charge in [-0.25, -0.2) is 9.59 Å². The number of carbonyl (C=O) groups excluding carboxylic acids is 3. The van der Waals surface area contributed by atoms with E-state index in [9.17, 15) is 14.4 Å². The molecule has 1 amide bonds. The molecule has 2 aliphatic rings. The third-order valence-electron chi connectivity index (χ3n) is 6.64. The number of amides is 1. The van der Waals surface area contributed by atoms with Crippen LogP contribution in [0.15, 0.2) is 30.3 Å². The maximum Gasteiger partial charge on any atom is 0.408 e. The van der Waals surface area contributed by atoms with E-state index >= 15 is 0 Å². The van der Waals surface area contributed by atoms with Gasteiger partial charge in [-0.2, -0.15) is 0 Å². The van der Waals surface area contributed by atoms with Gasteiger partial charge in [0.2, 0.25) is 0 Å². The summed E-state index contributed by atoms with van der Waals surface area (Å²) in [6.45, 7) is 11.9. The summed E-state index contributed by atoms with van der Waals surface area (Å²) < 4.78 is 27.1. The number of ether oxygens (including phenoxy) is 5. The van der Waals surface area contributed by atoms with E-state index in [0.29, 0.717) is 0 Å². The first kappa shape index (κ1) is 35.5. The largest absolute Gasteiger partial charge is 0.461 e. The van der Waals surface area contributed by atoms with Crippen LogP contribution >= 0.6 is 0 Å². The fourth-order valence-corrected chi connectivity index (χ4v) is 4.33. The summed E-state index contributed by atoms with van der Waals surface area (Å²) in [5, 5.41) is 2.57. The second-order valence-corrected chi connectivity index (χ2v) is 12.9. The smallest absolute Gasteiger partial charge is 0.408 e. The van der Waals surface area contributed by atoms with E-state index in [0.717, 1.165) is 56.9 Å². The quantitative estimate of drug-likeness (QED) is 0.263. The minimum Gasteiger partial charge on any atom is -0.461 e. The van der Waals surface area contributed by atoms with Crippen LogP contribution in [0.4, 0.5) is 4.79 Å². The second-order valence-electron chi connectivity index (χ2n) is 12.9. The van der Waals surface area contributed by atoms with Crippen LogP contribution in [0.1, 0.15) is 98.5 Å². The molecule has 2 atom stereocenters. The molecule has 0 heterocycles. The Balaban J connectivity index is 0.000000330. The van der Waals surface area contributed by atoms with Crippen molar-refractivity contribution in [1.29, 1.82) is 0 Å². The number of esters is 2. The molecule has 0 spiro atoms. The highest BCUT2D eigenvalue weighted by Gasteiger charge is 2.29. The maximum atomic E-state index is 12.5. The molecular weight excluding hydrogens is 540 g/mol. The van der Waals surface area contributed by atoms with Gasteiger partial charge < -0.3 is 34.7 Å². The van der Waals surface area contributed by atoms with Gasteiger partial charge in [-0.15, -0.1) is 0 Å². The molecule has 2 fully saturated rings. The average Bonchev–Trinajstić information content (AvgIpc) is 3.63. The van der Waals surface area contributed by atoms with Crippen molar-refractivity contribution in [3.05, 3.63) is 35.9 Å². The molecule has 238 valence electrons. The molecule has 2 saturated carbocycles.